The largest absolute Gasteiger partial charge is 0.380 e. The van der Waals surface area contributed by atoms with E-state index in [9.17, 15) is 4.79 Å². The van der Waals surface area contributed by atoms with Gasteiger partial charge in [0.25, 0.3) is 5.91 Å². The second-order valence-corrected chi connectivity index (χ2v) is 6.28. The van der Waals surface area contributed by atoms with Crippen molar-refractivity contribution < 1.29 is 14.1 Å². The number of hydrogen-bond donors (Lipinski definition) is 0. The number of nitrogens with zero attached hydrogens (tertiary/aromatic N) is 4. The van der Waals surface area contributed by atoms with Crippen molar-refractivity contribution in [2.75, 3.05) is 33.3 Å². The third-order valence-corrected chi connectivity index (χ3v) is 4.48. The van der Waals surface area contributed by atoms with Crippen LogP contribution in [0.25, 0.3) is 0 Å². The van der Waals surface area contributed by atoms with E-state index in [0.717, 1.165) is 38.2 Å². The van der Waals surface area contributed by atoms with E-state index in [-0.39, 0.29) is 5.91 Å². The van der Waals surface area contributed by atoms with Crippen LogP contribution in [0.4, 0.5) is 0 Å². The van der Waals surface area contributed by atoms with Crippen LogP contribution in [0.2, 0.25) is 0 Å². The standard InChI is InChI=1S/C18H24N4O3/c1-14-16(13-24-2)17(20-25-14)18(23)22-8-4-7-21(9-10-22)12-15-5-3-6-19-11-15/h3,5-6,11H,4,7-10,12-13H2,1-2H3. The molecule has 1 aliphatic heterocycles. The lowest BCUT2D eigenvalue weighted by atomic mass is 10.2. The maximum absolute atomic E-state index is 12.8. The second-order valence-electron chi connectivity index (χ2n) is 6.28. The number of rotatable bonds is 5. The maximum atomic E-state index is 12.8. The average molecular weight is 344 g/mol. The van der Waals surface area contributed by atoms with Gasteiger partial charge in [-0.2, -0.15) is 0 Å². The van der Waals surface area contributed by atoms with Crippen molar-refractivity contribution in [1.29, 1.82) is 0 Å². The Kier molecular flexibility index (Phi) is 5.78. The van der Waals surface area contributed by atoms with E-state index < -0.39 is 0 Å². The highest BCUT2D eigenvalue weighted by Crippen LogP contribution is 2.18. The van der Waals surface area contributed by atoms with Gasteiger partial charge in [-0.1, -0.05) is 11.2 Å². The third kappa shape index (κ3) is 4.24. The van der Waals surface area contributed by atoms with Gasteiger partial charge < -0.3 is 14.2 Å². The first kappa shape index (κ1) is 17.6. The van der Waals surface area contributed by atoms with Gasteiger partial charge in [-0.15, -0.1) is 0 Å². The fourth-order valence-electron chi connectivity index (χ4n) is 3.11. The van der Waals surface area contributed by atoms with Gasteiger partial charge in [0.05, 0.1) is 12.2 Å². The molecule has 1 fully saturated rings. The molecule has 1 amide bonds. The van der Waals surface area contributed by atoms with Crippen LogP contribution >= 0.6 is 0 Å². The summed E-state index contributed by atoms with van der Waals surface area (Å²) in [7, 11) is 1.60. The Balaban J connectivity index is 1.64. The molecule has 7 heteroatoms. The molecular formula is C18H24N4O3. The highest BCUT2D eigenvalue weighted by atomic mass is 16.5. The lowest BCUT2D eigenvalue weighted by Gasteiger charge is -2.21. The van der Waals surface area contributed by atoms with Gasteiger partial charge in [0.1, 0.15) is 5.76 Å². The molecule has 0 radical (unpaired) electrons. The molecule has 7 nitrogen and oxygen atoms in total. The van der Waals surface area contributed by atoms with Crippen molar-refractivity contribution in [2.45, 2.75) is 26.5 Å². The minimum absolute atomic E-state index is 0.0767. The summed E-state index contributed by atoms with van der Waals surface area (Å²) in [6.07, 6.45) is 4.61. The summed E-state index contributed by atoms with van der Waals surface area (Å²) in [6.45, 7) is 6.18. The van der Waals surface area contributed by atoms with E-state index in [1.807, 2.05) is 17.2 Å². The van der Waals surface area contributed by atoms with E-state index >= 15 is 0 Å². The molecule has 1 saturated heterocycles. The second kappa shape index (κ2) is 8.22. The first-order valence-corrected chi connectivity index (χ1v) is 8.53. The van der Waals surface area contributed by atoms with Crippen LogP contribution in [0.5, 0.6) is 0 Å². The van der Waals surface area contributed by atoms with Crippen LogP contribution in [0.3, 0.4) is 0 Å². The Morgan fingerprint density at radius 2 is 2.20 bits per heavy atom. The number of aromatic nitrogens is 2. The van der Waals surface area contributed by atoms with Crippen molar-refractivity contribution in [1.82, 2.24) is 19.9 Å². The average Bonchev–Trinajstić information content (AvgIpc) is 2.83. The Morgan fingerprint density at radius 3 is 2.96 bits per heavy atom. The number of carbonyl (C=O) groups is 1. The molecular weight excluding hydrogens is 320 g/mol. The van der Waals surface area contributed by atoms with Gasteiger partial charge >= 0.3 is 0 Å². The molecule has 3 rings (SSSR count). The fourth-order valence-corrected chi connectivity index (χ4v) is 3.11. The van der Waals surface area contributed by atoms with Crippen LogP contribution < -0.4 is 0 Å². The lowest BCUT2D eigenvalue weighted by molar-refractivity contribution is 0.0746. The molecule has 0 N–H and O–H groups in total. The van der Waals surface area contributed by atoms with E-state index in [0.29, 0.717) is 24.6 Å². The molecule has 0 bridgehead atoms. The van der Waals surface area contributed by atoms with Crippen molar-refractivity contribution in [3.8, 4) is 0 Å². The highest BCUT2D eigenvalue weighted by molar-refractivity contribution is 5.93. The van der Waals surface area contributed by atoms with E-state index in [1.165, 1.54) is 5.56 Å². The lowest BCUT2D eigenvalue weighted by Crippen LogP contribution is -2.35. The molecule has 0 spiro atoms. The molecule has 2 aromatic heterocycles. The highest BCUT2D eigenvalue weighted by Gasteiger charge is 2.26. The van der Waals surface area contributed by atoms with E-state index in [2.05, 4.69) is 21.1 Å². The summed E-state index contributed by atoms with van der Waals surface area (Å²) < 4.78 is 10.4. The van der Waals surface area contributed by atoms with E-state index in [4.69, 9.17) is 9.26 Å². The molecule has 0 unspecified atom stereocenters. The summed E-state index contributed by atoms with van der Waals surface area (Å²) in [6, 6.07) is 4.03. The summed E-state index contributed by atoms with van der Waals surface area (Å²) in [4.78, 5) is 21.2. The molecule has 0 aromatic carbocycles. The molecule has 0 aliphatic carbocycles. The minimum atomic E-state index is -0.0767. The number of pyridine rings is 1. The molecule has 3 heterocycles. The molecule has 0 atom stereocenters. The first-order chi connectivity index (χ1) is 12.2. The monoisotopic (exact) mass is 344 g/mol. The van der Waals surface area contributed by atoms with Crippen molar-refractivity contribution in [3.05, 3.63) is 47.1 Å². The van der Waals surface area contributed by atoms with Crippen molar-refractivity contribution in [2.24, 2.45) is 0 Å². The van der Waals surface area contributed by atoms with Crippen LogP contribution in [0.1, 0.15) is 33.8 Å². The zero-order valence-corrected chi connectivity index (χ0v) is 14.8. The third-order valence-electron chi connectivity index (χ3n) is 4.48. The minimum Gasteiger partial charge on any atom is -0.380 e. The molecule has 1 aliphatic rings. The van der Waals surface area contributed by atoms with Crippen LogP contribution in [0, 0.1) is 6.92 Å². The SMILES string of the molecule is COCc1c(C(=O)N2CCCN(Cc3cccnc3)CC2)noc1C. The number of ether oxygens (including phenoxy) is 1. The van der Waals surface area contributed by atoms with Gasteiger partial charge in [-0.3, -0.25) is 14.7 Å². The zero-order chi connectivity index (χ0) is 17.6. The fraction of sp³-hybridized carbons (Fsp3) is 0.500. The Labute approximate surface area is 147 Å². The van der Waals surface area contributed by atoms with Crippen molar-refractivity contribution in [3.63, 3.8) is 0 Å². The molecule has 2 aromatic rings. The number of methoxy groups -OCH3 is 1. The smallest absolute Gasteiger partial charge is 0.276 e. The Morgan fingerprint density at radius 1 is 1.32 bits per heavy atom. The van der Waals surface area contributed by atoms with E-state index in [1.54, 1.807) is 20.2 Å². The van der Waals surface area contributed by atoms with Gasteiger partial charge in [0, 0.05) is 52.2 Å². The number of carbonyl (C=O) groups excluding carboxylic acids is 1. The van der Waals surface area contributed by atoms with Crippen LogP contribution in [-0.4, -0.2) is 59.1 Å². The predicted molar refractivity (Wildman–Crippen MR) is 92.0 cm³/mol. The number of amides is 1. The van der Waals surface area contributed by atoms with Crippen molar-refractivity contribution >= 4 is 5.91 Å². The van der Waals surface area contributed by atoms with Gasteiger partial charge in [0.2, 0.25) is 0 Å². The Bertz CT molecular complexity index is 702. The summed E-state index contributed by atoms with van der Waals surface area (Å²) in [5, 5.41) is 3.96. The number of hydrogen-bond acceptors (Lipinski definition) is 6. The first-order valence-electron chi connectivity index (χ1n) is 8.53. The van der Waals surface area contributed by atoms with Gasteiger partial charge in [-0.25, -0.2) is 0 Å². The topological polar surface area (TPSA) is 71.7 Å². The summed E-state index contributed by atoms with van der Waals surface area (Å²) in [5.74, 6) is 0.561. The maximum Gasteiger partial charge on any atom is 0.276 e. The Hall–Kier alpha value is -2.25. The quantitative estimate of drug-likeness (QED) is 0.825. The van der Waals surface area contributed by atoms with Gasteiger partial charge in [-0.05, 0) is 25.0 Å². The van der Waals surface area contributed by atoms with Gasteiger partial charge in [0.15, 0.2) is 5.69 Å². The predicted octanol–water partition coefficient (Wildman–Crippen LogP) is 1.87. The van der Waals surface area contributed by atoms with Crippen LogP contribution in [0.15, 0.2) is 29.0 Å². The van der Waals surface area contributed by atoms with Crippen LogP contribution in [-0.2, 0) is 17.9 Å². The summed E-state index contributed by atoms with van der Waals surface area (Å²) in [5.41, 5.74) is 2.31. The zero-order valence-electron chi connectivity index (χ0n) is 14.8. The molecule has 25 heavy (non-hydrogen) atoms. The molecule has 134 valence electrons. The normalized spacial score (nSPS) is 16.0. The number of aryl methyl sites for hydroxylation is 1. The molecule has 0 saturated carbocycles. The summed E-state index contributed by atoms with van der Waals surface area (Å²) >= 11 is 0.